The van der Waals surface area contributed by atoms with Gasteiger partial charge in [0.05, 0.1) is 0 Å². The normalized spacial score (nSPS) is 32.5. The smallest absolute Gasteiger partial charge is 0.303 e. The molecule has 1 aliphatic carbocycles. The highest BCUT2D eigenvalue weighted by Gasteiger charge is 2.22. The van der Waals surface area contributed by atoms with Gasteiger partial charge in [-0.25, -0.2) is 0 Å². The van der Waals surface area contributed by atoms with E-state index in [1.165, 1.54) is 6.42 Å². The molecular weight excluding hydrogens is 128 g/mol. The average Bonchev–Trinajstić information content (AvgIpc) is 2.13. The summed E-state index contributed by atoms with van der Waals surface area (Å²) < 4.78 is 0. The van der Waals surface area contributed by atoms with Crippen molar-refractivity contribution in [2.45, 2.75) is 32.6 Å². The highest BCUT2D eigenvalue weighted by Crippen LogP contribution is 2.32. The molecule has 58 valence electrons. The van der Waals surface area contributed by atoms with Crippen LogP contribution in [0.25, 0.3) is 0 Å². The van der Waals surface area contributed by atoms with Gasteiger partial charge >= 0.3 is 5.97 Å². The monoisotopic (exact) mass is 142 g/mol. The van der Waals surface area contributed by atoms with Crippen molar-refractivity contribution in [1.29, 1.82) is 0 Å². The molecule has 1 saturated carbocycles. The van der Waals surface area contributed by atoms with E-state index in [1.54, 1.807) is 0 Å². The van der Waals surface area contributed by atoms with E-state index >= 15 is 0 Å². The molecule has 2 heteroatoms. The summed E-state index contributed by atoms with van der Waals surface area (Å²) in [6.45, 7) is 2.20. The van der Waals surface area contributed by atoms with Crippen molar-refractivity contribution in [3.8, 4) is 0 Å². The summed E-state index contributed by atoms with van der Waals surface area (Å²) >= 11 is 0. The molecule has 10 heavy (non-hydrogen) atoms. The summed E-state index contributed by atoms with van der Waals surface area (Å²) in [5.74, 6) is 0.580. The maximum atomic E-state index is 10.3. The van der Waals surface area contributed by atoms with Crippen molar-refractivity contribution < 1.29 is 9.90 Å². The predicted molar refractivity (Wildman–Crippen MR) is 38.8 cm³/mol. The van der Waals surface area contributed by atoms with Gasteiger partial charge in [0.2, 0.25) is 0 Å². The number of rotatable bonds is 2. The first-order chi connectivity index (χ1) is 4.68. The van der Waals surface area contributed by atoms with E-state index < -0.39 is 5.97 Å². The van der Waals surface area contributed by atoms with Crippen LogP contribution in [0.2, 0.25) is 0 Å². The first-order valence-corrected chi connectivity index (χ1v) is 3.90. The Bertz CT molecular complexity index is 131. The molecule has 1 N–H and O–H groups in total. The molecule has 0 saturated heterocycles. The van der Waals surface area contributed by atoms with Crippen LogP contribution in [-0.4, -0.2) is 11.1 Å². The van der Waals surface area contributed by atoms with Gasteiger partial charge in [0, 0.05) is 6.42 Å². The third-order valence-electron chi connectivity index (χ3n) is 2.27. The molecule has 2 atom stereocenters. The molecule has 1 fully saturated rings. The first-order valence-electron chi connectivity index (χ1n) is 3.90. The van der Waals surface area contributed by atoms with E-state index in [-0.39, 0.29) is 0 Å². The van der Waals surface area contributed by atoms with Crippen LogP contribution >= 0.6 is 0 Å². The molecule has 0 aromatic rings. The van der Waals surface area contributed by atoms with E-state index in [0.29, 0.717) is 12.3 Å². The topological polar surface area (TPSA) is 37.3 Å². The van der Waals surface area contributed by atoms with E-state index in [0.717, 1.165) is 18.8 Å². The molecule has 0 heterocycles. The highest BCUT2D eigenvalue weighted by atomic mass is 16.4. The van der Waals surface area contributed by atoms with Crippen molar-refractivity contribution in [3.63, 3.8) is 0 Å². The average molecular weight is 142 g/mol. The summed E-state index contributed by atoms with van der Waals surface area (Å²) in [4.78, 5) is 10.3. The van der Waals surface area contributed by atoms with Gasteiger partial charge in [-0.15, -0.1) is 0 Å². The van der Waals surface area contributed by atoms with Gasteiger partial charge in [-0.05, 0) is 24.7 Å². The Kier molecular flexibility index (Phi) is 2.30. The molecule has 0 radical (unpaired) electrons. The lowest BCUT2D eigenvalue weighted by molar-refractivity contribution is -0.138. The van der Waals surface area contributed by atoms with Crippen molar-refractivity contribution >= 4 is 5.97 Å². The van der Waals surface area contributed by atoms with Gasteiger partial charge < -0.3 is 5.11 Å². The molecule has 0 aliphatic heterocycles. The third kappa shape index (κ3) is 2.01. The van der Waals surface area contributed by atoms with Crippen molar-refractivity contribution in [2.24, 2.45) is 11.8 Å². The lowest BCUT2D eigenvalue weighted by Crippen LogP contribution is -2.03. The lowest BCUT2D eigenvalue weighted by Gasteiger charge is -2.03. The van der Waals surface area contributed by atoms with Crippen LogP contribution in [0.1, 0.15) is 32.6 Å². The zero-order chi connectivity index (χ0) is 7.56. The van der Waals surface area contributed by atoms with Gasteiger partial charge in [-0.2, -0.15) is 0 Å². The molecular formula is C8H14O2. The quantitative estimate of drug-likeness (QED) is 0.639. The molecule has 0 bridgehead atoms. The second kappa shape index (κ2) is 3.04. The minimum Gasteiger partial charge on any atom is -0.481 e. The largest absolute Gasteiger partial charge is 0.481 e. The molecule has 1 unspecified atom stereocenters. The third-order valence-corrected chi connectivity index (χ3v) is 2.27. The first kappa shape index (κ1) is 7.58. The molecule has 1 rings (SSSR count). The Labute approximate surface area is 61.2 Å². The predicted octanol–water partition coefficient (Wildman–Crippen LogP) is 1.90. The molecule has 2 nitrogen and oxygen atoms in total. The van der Waals surface area contributed by atoms with Gasteiger partial charge in [-0.1, -0.05) is 13.3 Å². The number of carbonyl (C=O) groups is 1. The molecule has 0 spiro atoms. The standard InChI is InChI=1S/C8H14O2/c1-6-2-3-7(4-6)5-8(9)10/h6-7H,2-5H2,1H3,(H,9,10)/t6-,7?/m1/s1. The molecule has 0 aromatic carbocycles. The van der Waals surface area contributed by atoms with Gasteiger partial charge in [0.15, 0.2) is 0 Å². The summed E-state index contributed by atoms with van der Waals surface area (Å²) in [6, 6.07) is 0. The van der Waals surface area contributed by atoms with Crippen LogP contribution in [0.15, 0.2) is 0 Å². The van der Waals surface area contributed by atoms with Gasteiger partial charge in [0.25, 0.3) is 0 Å². The number of aliphatic carboxylic acids is 1. The number of carboxylic acids is 1. The van der Waals surface area contributed by atoms with Crippen LogP contribution in [0, 0.1) is 11.8 Å². The summed E-state index contributed by atoms with van der Waals surface area (Å²) in [7, 11) is 0. The van der Waals surface area contributed by atoms with Crippen LogP contribution in [0.4, 0.5) is 0 Å². The maximum absolute atomic E-state index is 10.3. The zero-order valence-corrected chi connectivity index (χ0v) is 6.34. The number of hydrogen-bond donors (Lipinski definition) is 1. The number of carboxylic acid groups (broad SMARTS) is 1. The minimum absolute atomic E-state index is 0.379. The minimum atomic E-state index is -0.640. The van der Waals surface area contributed by atoms with Crippen LogP contribution in [0.3, 0.4) is 0 Å². The Morgan fingerprint density at radius 1 is 1.60 bits per heavy atom. The fraction of sp³-hybridized carbons (Fsp3) is 0.875. The summed E-state index contributed by atoms with van der Waals surface area (Å²) in [6.07, 6.45) is 3.84. The van der Waals surface area contributed by atoms with E-state index in [2.05, 4.69) is 6.92 Å². The maximum Gasteiger partial charge on any atom is 0.303 e. The van der Waals surface area contributed by atoms with Gasteiger partial charge in [0.1, 0.15) is 0 Å². The zero-order valence-electron chi connectivity index (χ0n) is 6.34. The van der Waals surface area contributed by atoms with E-state index in [1.807, 2.05) is 0 Å². The lowest BCUT2D eigenvalue weighted by atomic mass is 10.0. The Balaban J connectivity index is 2.24. The van der Waals surface area contributed by atoms with Crippen molar-refractivity contribution in [1.82, 2.24) is 0 Å². The second-order valence-corrected chi connectivity index (χ2v) is 3.38. The Morgan fingerprint density at radius 2 is 2.30 bits per heavy atom. The molecule has 0 aromatic heterocycles. The van der Waals surface area contributed by atoms with Crippen LogP contribution in [0.5, 0.6) is 0 Å². The Morgan fingerprint density at radius 3 is 2.70 bits per heavy atom. The van der Waals surface area contributed by atoms with E-state index in [9.17, 15) is 4.79 Å². The fourth-order valence-electron chi connectivity index (χ4n) is 1.76. The van der Waals surface area contributed by atoms with Crippen molar-refractivity contribution in [2.75, 3.05) is 0 Å². The summed E-state index contributed by atoms with van der Waals surface area (Å²) in [5, 5.41) is 8.46. The fourth-order valence-corrected chi connectivity index (χ4v) is 1.76. The van der Waals surface area contributed by atoms with Crippen LogP contribution < -0.4 is 0 Å². The highest BCUT2D eigenvalue weighted by molar-refractivity contribution is 5.67. The summed E-state index contributed by atoms with van der Waals surface area (Å²) in [5.41, 5.74) is 0. The van der Waals surface area contributed by atoms with Crippen LogP contribution in [-0.2, 0) is 4.79 Å². The Hall–Kier alpha value is -0.530. The molecule has 0 amide bonds. The van der Waals surface area contributed by atoms with Gasteiger partial charge in [-0.3, -0.25) is 4.79 Å². The van der Waals surface area contributed by atoms with E-state index in [4.69, 9.17) is 5.11 Å². The van der Waals surface area contributed by atoms with Crippen molar-refractivity contribution in [3.05, 3.63) is 0 Å². The number of hydrogen-bond acceptors (Lipinski definition) is 1. The molecule has 1 aliphatic rings. The second-order valence-electron chi connectivity index (χ2n) is 3.38. The SMILES string of the molecule is C[C@@H]1CCC(CC(=O)O)C1.